The van der Waals surface area contributed by atoms with Crippen LogP contribution in [0.5, 0.6) is 0 Å². The maximum Gasteiger partial charge on any atom is 0.0874 e. The van der Waals surface area contributed by atoms with E-state index in [9.17, 15) is 0 Å². The van der Waals surface area contributed by atoms with E-state index in [1.54, 1.807) is 0 Å². The summed E-state index contributed by atoms with van der Waals surface area (Å²) in [5.74, 6) is 0. The Morgan fingerprint density at radius 1 is 1.53 bits per heavy atom. The molecule has 2 rings (SSSR count). The van der Waals surface area contributed by atoms with Crippen LogP contribution in [0.2, 0.25) is 0 Å². The molecule has 4 heteroatoms. The third kappa shape index (κ3) is 3.35. The number of ether oxygens (including phenoxy) is 1. The van der Waals surface area contributed by atoms with E-state index in [4.69, 9.17) is 10.5 Å². The van der Waals surface area contributed by atoms with Crippen LogP contribution < -0.4 is 11.1 Å². The van der Waals surface area contributed by atoms with E-state index in [-0.39, 0.29) is 6.10 Å². The molecule has 0 aliphatic carbocycles. The molecule has 0 radical (unpaired) electrons. The highest BCUT2D eigenvalue weighted by molar-refractivity contribution is 5.66. The number of nitrogens with one attached hydrogen (secondary N) is 1. The number of hydrogen-bond acceptors (Lipinski definition) is 4. The van der Waals surface area contributed by atoms with Crippen LogP contribution in [0, 0.1) is 6.92 Å². The molecule has 0 aromatic heterocycles. The van der Waals surface area contributed by atoms with Gasteiger partial charge in [0, 0.05) is 19.6 Å². The molecule has 0 spiro atoms. The van der Waals surface area contributed by atoms with Gasteiger partial charge in [-0.2, -0.15) is 0 Å². The molecule has 1 heterocycles. The monoisotopic (exact) mass is 235 g/mol. The number of likely N-dealkylation sites (N-methyl/N-ethyl adjacent to an activating group) is 1. The minimum atomic E-state index is 0.244. The second-order valence-corrected chi connectivity index (χ2v) is 4.73. The molecule has 1 fully saturated rings. The van der Waals surface area contributed by atoms with Gasteiger partial charge in [-0.25, -0.2) is 0 Å². The fourth-order valence-corrected chi connectivity index (χ4v) is 2.04. The summed E-state index contributed by atoms with van der Waals surface area (Å²) in [6, 6.07) is 6.03. The van der Waals surface area contributed by atoms with E-state index in [0.717, 1.165) is 37.6 Å². The topological polar surface area (TPSA) is 50.5 Å². The number of rotatable bonds is 3. The van der Waals surface area contributed by atoms with E-state index in [0.29, 0.717) is 0 Å². The van der Waals surface area contributed by atoms with Gasteiger partial charge in [0.1, 0.15) is 0 Å². The molecule has 1 aliphatic rings. The zero-order valence-corrected chi connectivity index (χ0v) is 10.6. The first-order chi connectivity index (χ1) is 8.15. The van der Waals surface area contributed by atoms with Crippen molar-refractivity contribution in [3.63, 3.8) is 0 Å². The summed E-state index contributed by atoms with van der Waals surface area (Å²) >= 11 is 0. The number of morpholine rings is 1. The van der Waals surface area contributed by atoms with Crippen molar-refractivity contribution >= 4 is 11.4 Å². The molecular formula is C13H21N3O. The fraction of sp³-hybridized carbons (Fsp3) is 0.538. The molecule has 17 heavy (non-hydrogen) atoms. The number of hydrogen-bond donors (Lipinski definition) is 2. The van der Waals surface area contributed by atoms with Gasteiger partial charge >= 0.3 is 0 Å². The van der Waals surface area contributed by atoms with Crippen molar-refractivity contribution in [2.24, 2.45) is 0 Å². The van der Waals surface area contributed by atoms with Gasteiger partial charge in [0.15, 0.2) is 0 Å². The Morgan fingerprint density at radius 3 is 3.12 bits per heavy atom. The van der Waals surface area contributed by atoms with Crippen molar-refractivity contribution < 1.29 is 4.74 Å². The fourth-order valence-electron chi connectivity index (χ4n) is 2.04. The number of nitrogen functional groups attached to an aromatic ring is 1. The molecule has 1 aromatic rings. The molecule has 0 amide bonds. The number of anilines is 2. The average molecular weight is 235 g/mol. The molecule has 0 saturated carbocycles. The summed E-state index contributed by atoms with van der Waals surface area (Å²) in [5.41, 5.74) is 8.92. The third-order valence-electron chi connectivity index (χ3n) is 3.07. The lowest BCUT2D eigenvalue weighted by molar-refractivity contribution is -0.0117. The van der Waals surface area contributed by atoms with Gasteiger partial charge in [-0.3, -0.25) is 0 Å². The molecule has 1 unspecified atom stereocenters. The maximum absolute atomic E-state index is 5.92. The maximum atomic E-state index is 5.92. The highest BCUT2D eigenvalue weighted by atomic mass is 16.5. The standard InChI is InChI=1S/C13H21N3O/c1-10-3-4-12(14)13(7-10)15-8-11-9-16(2)5-6-17-11/h3-4,7,11,15H,5-6,8-9,14H2,1-2H3. The molecule has 0 bridgehead atoms. The Bertz CT molecular complexity index is 381. The summed E-state index contributed by atoms with van der Waals surface area (Å²) < 4.78 is 5.70. The van der Waals surface area contributed by atoms with Crippen LogP contribution in [0.3, 0.4) is 0 Å². The van der Waals surface area contributed by atoms with Gasteiger partial charge in [-0.15, -0.1) is 0 Å². The van der Waals surface area contributed by atoms with Crippen molar-refractivity contribution in [2.45, 2.75) is 13.0 Å². The predicted octanol–water partition coefficient (Wildman–Crippen LogP) is 1.32. The SMILES string of the molecule is Cc1ccc(N)c(NCC2CN(C)CCO2)c1. The summed E-state index contributed by atoms with van der Waals surface area (Å²) in [5, 5.41) is 3.37. The molecule has 4 nitrogen and oxygen atoms in total. The number of nitrogens with two attached hydrogens (primary N) is 1. The largest absolute Gasteiger partial charge is 0.397 e. The smallest absolute Gasteiger partial charge is 0.0874 e. The van der Waals surface area contributed by atoms with E-state index in [1.165, 1.54) is 5.56 Å². The lowest BCUT2D eigenvalue weighted by Crippen LogP contribution is -2.43. The second-order valence-electron chi connectivity index (χ2n) is 4.73. The van der Waals surface area contributed by atoms with Gasteiger partial charge in [0.2, 0.25) is 0 Å². The Kier molecular flexibility index (Phi) is 3.86. The lowest BCUT2D eigenvalue weighted by atomic mass is 10.2. The van der Waals surface area contributed by atoms with Gasteiger partial charge in [-0.1, -0.05) is 6.07 Å². The molecular weight excluding hydrogens is 214 g/mol. The summed E-state index contributed by atoms with van der Waals surface area (Å²) in [4.78, 5) is 2.29. The number of nitrogens with zero attached hydrogens (tertiary/aromatic N) is 1. The molecule has 3 N–H and O–H groups in total. The van der Waals surface area contributed by atoms with Gasteiger partial charge in [0.05, 0.1) is 24.1 Å². The minimum Gasteiger partial charge on any atom is -0.397 e. The van der Waals surface area contributed by atoms with Crippen LogP contribution >= 0.6 is 0 Å². The molecule has 1 atom stereocenters. The first-order valence-corrected chi connectivity index (χ1v) is 6.05. The summed E-state index contributed by atoms with van der Waals surface area (Å²) in [6.45, 7) is 5.67. The van der Waals surface area contributed by atoms with Gasteiger partial charge in [0.25, 0.3) is 0 Å². The van der Waals surface area contributed by atoms with Crippen molar-refractivity contribution in [3.05, 3.63) is 23.8 Å². The van der Waals surface area contributed by atoms with E-state index in [1.807, 2.05) is 12.1 Å². The summed E-state index contributed by atoms with van der Waals surface area (Å²) in [7, 11) is 2.12. The van der Waals surface area contributed by atoms with Crippen LogP contribution in [0.25, 0.3) is 0 Å². The van der Waals surface area contributed by atoms with Crippen LogP contribution in [0.15, 0.2) is 18.2 Å². The predicted molar refractivity (Wildman–Crippen MR) is 71.3 cm³/mol. The van der Waals surface area contributed by atoms with Crippen LogP contribution in [-0.4, -0.2) is 44.3 Å². The first-order valence-electron chi connectivity index (χ1n) is 6.05. The number of benzene rings is 1. The Hall–Kier alpha value is -1.26. The van der Waals surface area contributed by atoms with E-state index >= 15 is 0 Å². The Morgan fingerprint density at radius 2 is 2.35 bits per heavy atom. The zero-order valence-electron chi connectivity index (χ0n) is 10.6. The molecule has 1 aliphatic heterocycles. The summed E-state index contributed by atoms with van der Waals surface area (Å²) in [6.07, 6.45) is 0.244. The minimum absolute atomic E-state index is 0.244. The quantitative estimate of drug-likeness (QED) is 0.776. The Labute approximate surface area is 103 Å². The van der Waals surface area contributed by atoms with Crippen molar-refractivity contribution in [2.75, 3.05) is 44.3 Å². The van der Waals surface area contributed by atoms with Crippen LogP contribution in [-0.2, 0) is 4.74 Å². The van der Waals surface area contributed by atoms with Crippen LogP contribution in [0.1, 0.15) is 5.56 Å². The lowest BCUT2D eigenvalue weighted by Gasteiger charge is -2.30. The highest BCUT2D eigenvalue weighted by Crippen LogP contribution is 2.19. The highest BCUT2D eigenvalue weighted by Gasteiger charge is 2.17. The van der Waals surface area contributed by atoms with Crippen molar-refractivity contribution in [3.8, 4) is 0 Å². The van der Waals surface area contributed by atoms with Crippen molar-refractivity contribution in [1.82, 2.24) is 4.90 Å². The Balaban J connectivity index is 1.90. The molecule has 1 aromatic carbocycles. The zero-order chi connectivity index (χ0) is 12.3. The van der Waals surface area contributed by atoms with Gasteiger partial charge in [-0.05, 0) is 31.7 Å². The van der Waals surface area contributed by atoms with E-state index < -0.39 is 0 Å². The second kappa shape index (κ2) is 5.38. The average Bonchev–Trinajstić information content (AvgIpc) is 2.30. The number of aryl methyl sites for hydroxylation is 1. The normalized spacial score (nSPS) is 21.4. The molecule has 94 valence electrons. The first kappa shape index (κ1) is 12.2. The van der Waals surface area contributed by atoms with E-state index in [2.05, 4.69) is 30.3 Å². The third-order valence-corrected chi connectivity index (χ3v) is 3.07. The van der Waals surface area contributed by atoms with Gasteiger partial charge < -0.3 is 20.7 Å². The van der Waals surface area contributed by atoms with Crippen molar-refractivity contribution in [1.29, 1.82) is 0 Å². The molecule has 1 saturated heterocycles. The van der Waals surface area contributed by atoms with Crippen LogP contribution in [0.4, 0.5) is 11.4 Å².